The van der Waals surface area contributed by atoms with Crippen molar-refractivity contribution >= 4 is 34.9 Å². The molecule has 0 fully saturated rings. The second kappa shape index (κ2) is 3.54. The second-order valence-electron chi connectivity index (χ2n) is 1.51. The maximum Gasteiger partial charge on any atom is 0.0607 e. The highest BCUT2D eigenvalue weighted by molar-refractivity contribution is 8.01. The van der Waals surface area contributed by atoms with E-state index in [0.29, 0.717) is 0 Å². The van der Waals surface area contributed by atoms with Gasteiger partial charge in [-0.05, 0) is 18.6 Å². The molecule has 0 bridgehead atoms. The van der Waals surface area contributed by atoms with E-state index in [9.17, 15) is 0 Å². The molecule has 1 rings (SSSR count). The fourth-order valence-electron chi connectivity index (χ4n) is 0.514. The topological polar surface area (TPSA) is 0 Å². The zero-order valence-electron chi connectivity index (χ0n) is 5.38. The summed E-state index contributed by atoms with van der Waals surface area (Å²) in [4.78, 5) is 1.38. The zero-order valence-corrected chi connectivity index (χ0v) is 7.83. The van der Waals surface area contributed by atoms with E-state index in [-0.39, 0.29) is 0 Å². The average Bonchev–Trinajstić information content (AvgIpc) is 2.34. The SMILES string of the molecule is CSc1csc(SC)c1. The molecule has 1 heterocycles. The molecule has 0 aliphatic carbocycles. The first-order chi connectivity index (χ1) is 4.36. The molecule has 0 nitrogen and oxygen atoms in total. The molecule has 0 aliphatic heterocycles. The van der Waals surface area contributed by atoms with Gasteiger partial charge in [0, 0.05) is 10.3 Å². The van der Waals surface area contributed by atoms with Crippen molar-refractivity contribution in [2.75, 3.05) is 12.5 Å². The summed E-state index contributed by atoms with van der Waals surface area (Å²) in [6, 6.07) is 2.22. The maximum absolute atomic E-state index is 2.22. The monoisotopic (exact) mass is 176 g/mol. The molecule has 1 aromatic rings. The molecule has 0 aromatic carbocycles. The van der Waals surface area contributed by atoms with E-state index in [0.717, 1.165) is 0 Å². The molecular weight excluding hydrogens is 168 g/mol. The molecule has 1 aromatic heterocycles. The molecule has 50 valence electrons. The van der Waals surface area contributed by atoms with Crippen LogP contribution in [-0.2, 0) is 0 Å². The number of hydrogen-bond acceptors (Lipinski definition) is 3. The van der Waals surface area contributed by atoms with E-state index in [1.165, 1.54) is 9.10 Å². The quantitative estimate of drug-likeness (QED) is 0.635. The highest BCUT2D eigenvalue weighted by Gasteiger charge is 1.94. The minimum absolute atomic E-state index is 1.38. The summed E-state index contributed by atoms with van der Waals surface area (Å²) in [6.45, 7) is 0. The third kappa shape index (κ3) is 1.92. The number of thioether (sulfide) groups is 2. The Labute approximate surface area is 68.0 Å². The Morgan fingerprint density at radius 2 is 2.11 bits per heavy atom. The number of hydrogen-bond donors (Lipinski definition) is 0. The van der Waals surface area contributed by atoms with Crippen LogP contribution in [0.4, 0.5) is 0 Å². The molecule has 3 heteroatoms. The first kappa shape index (κ1) is 7.51. The average molecular weight is 176 g/mol. The van der Waals surface area contributed by atoms with Crippen LogP contribution < -0.4 is 0 Å². The van der Waals surface area contributed by atoms with Crippen LogP contribution in [0.5, 0.6) is 0 Å². The first-order valence-electron chi connectivity index (χ1n) is 2.53. The summed E-state index contributed by atoms with van der Waals surface area (Å²) in [5.74, 6) is 0. The molecule has 0 spiro atoms. The highest BCUT2D eigenvalue weighted by atomic mass is 32.2. The second-order valence-corrected chi connectivity index (χ2v) is 4.41. The Morgan fingerprint density at radius 1 is 1.33 bits per heavy atom. The molecule has 0 aliphatic rings. The van der Waals surface area contributed by atoms with Gasteiger partial charge < -0.3 is 0 Å². The van der Waals surface area contributed by atoms with Crippen LogP contribution in [0.3, 0.4) is 0 Å². The van der Waals surface area contributed by atoms with Gasteiger partial charge in [-0.1, -0.05) is 0 Å². The smallest absolute Gasteiger partial charge is 0.0607 e. The van der Waals surface area contributed by atoms with Crippen molar-refractivity contribution in [3.63, 3.8) is 0 Å². The molecule has 0 amide bonds. The van der Waals surface area contributed by atoms with Crippen molar-refractivity contribution in [1.29, 1.82) is 0 Å². The summed E-state index contributed by atoms with van der Waals surface area (Å²) < 4.78 is 1.40. The summed E-state index contributed by atoms with van der Waals surface area (Å²) in [7, 11) is 0. The van der Waals surface area contributed by atoms with Crippen molar-refractivity contribution in [1.82, 2.24) is 0 Å². The van der Waals surface area contributed by atoms with Gasteiger partial charge in [0.15, 0.2) is 0 Å². The Hall–Kier alpha value is 0.400. The van der Waals surface area contributed by atoms with Crippen LogP contribution in [0.15, 0.2) is 20.6 Å². The normalized spacial score (nSPS) is 10.0. The van der Waals surface area contributed by atoms with Crippen molar-refractivity contribution in [3.05, 3.63) is 11.4 Å². The van der Waals surface area contributed by atoms with E-state index in [1.807, 2.05) is 23.1 Å². The summed E-state index contributed by atoms with van der Waals surface area (Å²) in [5.41, 5.74) is 0. The Kier molecular flexibility index (Phi) is 2.95. The Morgan fingerprint density at radius 3 is 2.44 bits per heavy atom. The number of thiophene rings is 1. The maximum atomic E-state index is 2.22. The molecule has 0 radical (unpaired) electrons. The fraction of sp³-hybridized carbons (Fsp3) is 0.333. The van der Waals surface area contributed by atoms with Crippen LogP contribution in [0.2, 0.25) is 0 Å². The van der Waals surface area contributed by atoms with Crippen LogP contribution in [0.1, 0.15) is 0 Å². The van der Waals surface area contributed by atoms with Crippen LogP contribution >= 0.6 is 34.9 Å². The van der Waals surface area contributed by atoms with Gasteiger partial charge in [-0.2, -0.15) is 0 Å². The lowest BCUT2D eigenvalue weighted by Gasteiger charge is -1.83. The van der Waals surface area contributed by atoms with E-state index >= 15 is 0 Å². The molecular formula is C6H8S3. The van der Waals surface area contributed by atoms with Crippen molar-refractivity contribution < 1.29 is 0 Å². The zero-order chi connectivity index (χ0) is 6.69. The van der Waals surface area contributed by atoms with E-state index < -0.39 is 0 Å². The van der Waals surface area contributed by atoms with Crippen LogP contribution in [0, 0.1) is 0 Å². The van der Waals surface area contributed by atoms with Gasteiger partial charge in [0.1, 0.15) is 0 Å². The van der Waals surface area contributed by atoms with Gasteiger partial charge in [0.05, 0.1) is 4.21 Å². The lowest BCUT2D eigenvalue weighted by Crippen LogP contribution is -1.54. The molecule has 0 saturated heterocycles. The molecule has 0 unspecified atom stereocenters. The van der Waals surface area contributed by atoms with Crippen LogP contribution in [-0.4, -0.2) is 12.5 Å². The Balaban J connectivity index is 2.74. The molecule has 0 N–H and O–H groups in total. The summed E-state index contributed by atoms with van der Waals surface area (Å²) >= 11 is 5.43. The van der Waals surface area contributed by atoms with Gasteiger partial charge in [0.25, 0.3) is 0 Å². The summed E-state index contributed by atoms with van der Waals surface area (Å²) in [5, 5.41) is 2.19. The predicted octanol–water partition coefficient (Wildman–Crippen LogP) is 3.19. The van der Waals surface area contributed by atoms with Crippen molar-refractivity contribution in [2.24, 2.45) is 0 Å². The number of rotatable bonds is 2. The standard InChI is InChI=1S/C6H8S3/c1-7-5-3-6(8-2)9-4-5/h3-4H,1-2H3. The largest absolute Gasteiger partial charge is 0.136 e. The molecule has 9 heavy (non-hydrogen) atoms. The van der Waals surface area contributed by atoms with Crippen molar-refractivity contribution in [2.45, 2.75) is 9.10 Å². The van der Waals surface area contributed by atoms with E-state index in [2.05, 4.69) is 24.0 Å². The van der Waals surface area contributed by atoms with Crippen LogP contribution in [0.25, 0.3) is 0 Å². The minimum Gasteiger partial charge on any atom is -0.136 e. The van der Waals surface area contributed by atoms with E-state index in [4.69, 9.17) is 0 Å². The van der Waals surface area contributed by atoms with Crippen molar-refractivity contribution in [3.8, 4) is 0 Å². The minimum atomic E-state index is 1.38. The third-order valence-electron chi connectivity index (χ3n) is 0.988. The fourth-order valence-corrected chi connectivity index (χ4v) is 2.70. The molecule has 0 atom stereocenters. The highest BCUT2D eigenvalue weighted by Crippen LogP contribution is 2.28. The summed E-state index contributed by atoms with van der Waals surface area (Å²) in [6.07, 6.45) is 4.21. The van der Waals surface area contributed by atoms with E-state index in [1.54, 1.807) is 11.8 Å². The molecule has 0 saturated carbocycles. The van der Waals surface area contributed by atoms with Gasteiger partial charge in [-0.15, -0.1) is 34.9 Å². The third-order valence-corrected chi connectivity index (χ3v) is 3.88. The lowest BCUT2D eigenvalue weighted by atomic mass is 10.7. The van der Waals surface area contributed by atoms with Gasteiger partial charge in [-0.3, -0.25) is 0 Å². The van der Waals surface area contributed by atoms with Gasteiger partial charge in [0.2, 0.25) is 0 Å². The lowest BCUT2D eigenvalue weighted by molar-refractivity contribution is 1.52. The first-order valence-corrected chi connectivity index (χ1v) is 5.86. The predicted molar refractivity (Wildman–Crippen MR) is 47.9 cm³/mol. The van der Waals surface area contributed by atoms with Gasteiger partial charge >= 0.3 is 0 Å². The van der Waals surface area contributed by atoms with Gasteiger partial charge in [-0.25, -0.2) is 0 Å². The Bertz CT molecular complexity index is 162.